The van der Waals surface area contributed by atoms with Crippen molar-refractivity contribution in [1.29, 1.82) is 5.26 Å². The predicted molar refractivity (Wildman–Crippen MR) is 113 cm³/mol. The van der Waals surface area contributed by atoms with E-state index in [0.717, 1.165) is 16.0 Å². The number of aliphatic hydroxyl groups is 1. The summed E-state index contributed by atoms with van der Waals surface area (Å²) in [6, 6.07) is 12.9. The van der Waals surface area contributed by atoms with Gasteiger partial charge in [-0.2, -0.15) is 5.26 Å². The summed E-state index contributed by atoms with van der Waals surface area (Å²) >= 11 is 2.89. The molecule has 2 aromatic rings. The number of nitriles is 1. The Morgan fingerprint density at radius 2 is 2.06 bits per heavy atom. The van der Waals surface area contributed by atoms with E-state index in [2.05, 4.69) is 6.07 Å². The second-order valence-electron chi connectivity index (χ2n) is 7.50. The highest BCUT2D eigenvalue weighted by Gasteiger charge is 2.58. The van der Waals surface area contributed by atoms with Crippen LogP contribution in [0.2, 0.25) is 0 Å². The van der Waals surface area contributed by atoms with E-state index in [1.165, 1.54) is 28.4 Å². The standard InChI is InChI=1S/C22H21N3O4S2/c23-9-7-14-2-1-10-24(12-14)13-15-3-5-16(6-4-15)30-22-18(21(28)29)25-19(27)17(8-11-26)20(25)31-22/h1-6,10,12,17-18,20,22,26H,7-8,11,13H2/t17-,18?,20?,22?/m0/s1. The molecule has 4 atom stereocenters. The fourth-order valence-corrected chi connectivity index (χ4v) is 7.26. The number of rotatable bonds is 8. The number of hydrogen-bond acceptors (Lipinski definition) is 7. The largest absolute Gasteiger partial charge is 0.548 e. The zero-order chi connectivity index (χ0) is 22.0. The van der Waals surface area contributed by atoms with Gasteiger partial charge in [0, 0.05) is 28.7 Å². The number of aliphatic carboxylic acids is 1. The molecular weight excluding hydrogens is 434 g/mol. The number of aromatic nitrogens is 1. The van der Waals surface area contributed by atoms with Crippen LogP contribution in [0.1, 0.15) is 17.5 Å². The Morgan fingerprint density at radius 3 is 2.74 bits per heavy atom. The fourth-order valence-electron chi connectivity index (χ4n) is 3.96. The van der Waals surface area contributed by atoms with Crippen molar-refractivity contribution < 1.29 is 24.4 Å². The van der Waals surface area contributed by atoms with E-state index in [1.807, 2.05) is 53.4 Å². The van der Waals surface area contributed by atoms with Gasteiger partial charge < -0.3 is 19.9 Å². The number of carboxylic acids is 1. The summed E-state index contributed by atoms with van der Waals surface area (Å²) in [5, 5.41) is 29.5. The third-order valence-electron chi connectivity index (χ3n) is 5.45. The van der Waals surface area contributed by atoms with Gasteiger partial charge in [0.2, 0.25) is 5.91 Å². The number of β-lactam (4-membered cyclic amide) rings is 1. The maximum atomic E-state index is 12.3. The molecule has 0 radical (unpaired) electrons. The average molecular weight is 456 g/mol. The van der Waals surface area contributed by atoms with E-state index in [-0.39, 0.29) is 28.4 Å². The van der Waals surface area contributed by atoms with Crippen LogP contribution in [0, 0.1) is 17.2 Å². The summed E-state index contributed by atoms with van der Waals surface area (Å²) < 4.78 is 1.66. The van der Waals surface area contributed by atoms with Crippen LogP contribution >= 0.6 is 23.5 Å². The van der Waals surface area contributed by atoms with Crippen LogP contribution in [0.25, 0.3) is 0 Å². The molecule has 0 saturated carbocycles. The third kappa shape index (κ3) is 4.42. The van der Waals surface area contributed by atoms with Gasteiger partial charge in [0.15, 0.2) is 18.9 Å². The molecule has 1 amide bonds. The van der Waals surface area contributed by atoms with Crippen molar-refractivity contribution in [2.24, 2.45) is 5.92 Å². The van der Waals surface area contributed by atoms with Gasteiger partial charge in [-0.3, -0.25) is 4.79 Å². The van der Waals surface area contributed by atoms with Gasteiger partial charge in [-0.1, -0.05) is 12.1 Å². The highest BCUT2D eigenvalue weighted by molar-refractivity contribution is 8.17. The van der Waals surface area contributed by atoms with Crippen molar-refractivity contribution in [2.75, 3.05) is 6.61 Å². The lowest BCUT2D eigenvalue weighted by Crippen LogP contribution is -2.63. The Hall–Kier alpha value is -2.54. The molecule has 0 spiro atoms. The second-order valence-corrected chi connectivity index (χ2v) is 10.3. The number of carbonyl (C=O) groups is 2. The quantitative estimate of drug-likeness (QED) is 0.457. The molecule has 2 fully saturated rings. The number of amides is 1. The molecule has 1 aromatic carbocycles. The van der Waals surface area contributed by atoms with Gasteiger partial charge in [0.25, 0.3) is 0 Å². The number of carboxylic acid groups (broad SMARTS) is 1. The Bertz CT molecular complexity index is 1020. The van der Waals surface area contributed by atoms with Gasteiger partial charge in [-0.25, -0.2) is 4.57 Å². The molecule has 0 bridgehead atoms. The molecule has 31 heavy (non-hydrogen) atoms. The normalized spacial score (nSPS) is 24.4. The van der Waals surface area contributed by atoms with Crippen LogP contribution < -0.4 is 9.67 Å². The first-order chi connectivity index (χ1) is 15.0. The van der Waals surface area contributed by atoms with Crippen LogP contribution in [0.15, 0.2) is 53.7 Å². The number of carbonyl (C=O) groups excluding carboxylic acids is 2. The van der Waals surface area contributed by atoms with E-state index in [4.69, 9.17) is 10.4 Å². The van der Waals surface area contributed by atoms with Crippen molar-refractivity contribution in [1.82, 2.24) is 4.90 Å². The van der Waals surface area contributed by atoms with Gasteiger partial charge >= 0.3 is 0 Å². The summed E-state index contributed by atoms with van der Waals surface area (Å²) in [5.74, 6) is -1.78. The molecule has 160 valence electrons. The van der Waals surface area contributed by atoms with Gasteiger partial charge in [0.05, 0.1) is 40.4 Å². The highest BCUT2D eigenvalue weighted by Crippen LogP contribution is 2.53. The molecule has 2 aliphatic rings. The topological polar surface area (TPSA) is 108 Å². The van der Waals surface area contributed by atoms with E-state index >= 15 is 0 Å². The zero-order valence-electron chi connectivity index (χ0n) is 16.6. The summed E-state index contributed by atoms with van der Waals surface area (Å²) in [5.41, 5.74) is 2.04. The first-order valence-electron chi connectivity index (χ1n) is 9.91. The summed E-state index contributed by atoms with van der Waals surface area (Å²) in [7, 11) is 0. The van der Waals surface area contributed by atoms with Crippen LogP contribution in [-0.2, 0) is 22.6 Å². The number of benzene rings is 1. The Labute approximate surface area is 188 Å². The third-order valence-corrected chi connectivity index (χ3v) is 8.46. The maximum absolute atomic E-state index is 12.3. The number of hydrogen-bond donors (Lipinski definition) is 1. The zero-order valence-corrected chi connectivity index (χ0v) is 18.2. The Balaban J connectivity index is 1.43. The maximum Gasteiger partial charge on any atom is 0.230 e. The highest BCUT2D eigenvalue weighted by atomic mass is 32.2. The Morgan fingerprint density at radius 1 is 1.29 bits per heavy atom. The SMILES string of the molecule is N#CCc1ccc[n+](Cc2ccc(SC3SC4[C@@H](CCO)C(=O)N4C3C(=O)[O-])cc2)c1. The predicted octanol–water partition coefficient (Wildman–Crippen LogP) is 0.539. The number of thioether (sulfide) groups is 2. The average Bonchev–Trinajstić information content (AvgIpc) is 3.09. The first kappa shape index (κ1) is 21.7. The van der Waals surface area contributed by atoms with Gasteiger partial charge in [0.1, 0.15) is 0 Å². The fraction of sp³-hybridized carbons (Fsp3) is 0.364. The lowest BCUT2D eigenvalue weighted by atomic mass is 9.93. The van der Waals surface area contributed by atoms with Crippen LogP contribution in [0.5, 0.6) is 0 Å². The lowest BCUT2D eigenvalue weighted by Gasteiger charge is -2.44. The number of aliphatic hydroxyl groups excluding tert-OH is 1. The first-order valence-corrected chi connectivity index (χ1v) is 11.7. The van der Waals surface area contributed by atoms with Crippen molar-refractivity contribution >= 4 is 35.4 Å². The number of pyridine rings is 1. The number of nitrogens with zero attached hydrogens (tertiary/aromatic N) is 3. The molecule has 1 aromatic heterocycles. The van der Waals surface area contributed by atoms with Gasteiger partial charge in [-0.15, -0.1) is 23.5 Å². The summed E-state index contributed by atoms with van der Waals surface area (Å²) in [4.78, 5) is 26.4. The summed E-state index contributed by atoms with van der Waals surface area (Å²) in [6.45, 7) is 0.575. The molecule has 2 aliphatic heterocycles. The molecule has 7 nitrogen and oxygen atoms in total. The van der Waals surface area contributed by atoms with Crippen LogP contribution in [0.4, 0.5) is 0 Å². The van der Waals surface area contributed by atoms with Crippen molar-refractivity contribution in [3.8, 4) is 6.07 Å². The van der Waals surface area contributed by atoms with Crippen LogP contribution in [-0.4, -0.2) is 44.5 Å². The molecule has 0 aliphatic carbocycles. The second kappa shape index (κ2) is 9.30. The molecule has 3 unspecified atom stereocenters. The lowest BCUT2D eigenvalue weighted by molar-refractivity contribution is -0.688. The minimum Gasteiger partial charge on any atom is -0.548 e. The monoisotopic (exact) mass is 455 g/mol. The van der Waals surface area contributed by atoms with E-state index in [9.17, 15) is 14.7 Å². The molecule has 2 saturated heterocycles. The minimum atomic E-state index is -1.24. The number of fused-ring (bicyclic) bond motifs is 1. The van der Waals surface area contributed by atoms with Gasteiger partial charge in [-0.05, 0) is 24.6 Å². The molecule has 9 heteroatoms. The van der Waals surface area contributed by atoms with Crippen LogP contribution in [0.3, 0.4) is 0 Å². The summed E-state index contributed by atoms with van der Waals surface area (Å²) in [6.07, 6.45) is 4.63. The Kier molecular flexibility index (Phi) is 6.51. The smallest absolute Gasteiger partial charge is 0.230 e. The van der Waals surface area contributed by atoms with Crippen molar-refractivity contribution in [3.63, 3.8) is 0 Å². The van der Waals surface area contributed by atoms with Crippen molar-refractivity contribution in [3.05, 3.63) is 59.9 Å². The van der Waals surface area contributed by atoms with Crippen molar-refractivity contribution in [2.45, 2.75) is 40.3 Å². The van der Waals surface area contributed by atoms with E-state index in [1.54, 1.807) is 0 Å². The molecular formula is C22H21N3O4S2. The minimum absolute atomic E-state index is 0.0893. The van der Waals surface area contributed by atoms with E-state index < -0.39 is 12.0 Å². The van der Waals surface area contributed by atoms with E-state index in [0.29, 0.717) is 19.4 Å². The molecule has 1 N–H and O–H groups in total. The molecule has 4 rings (SSSR count). The molecule has 3 heterocycles.